The molecule has 5 rings (SSSR count). The van der Waals surface area contributed by atoms with Crippen LogP contribution in [0.4, 0.5) is 13.2 Å². The monoisotopic (exact) mass is 399 g/mol. The van der Waals surface area contributed by atoms with Gasteiger partial charge in [-0.3, -0.25) is 4.79 Å². The fourth-order valence-corrected chi connectivity index (χ4v) is 6.17. The Bertz CT molecular complexity index is 889. The number of aliphatic hydroxyl groups is 1. The number of carbonyl (C=O) groups is 1. The minimum absolute atomic E-state index is 0.0111. The molecule has 0 radical (unpaired) electrons. The summed E-state index contributed by atoms with van der Waals surface area (Å²) in [5.74, 6) is -0.189. The van der Waals surface area contributed by atoms with Gasteiger partial charge in [-0.05, 0) is 18.1 Å². The summed E-state index contributed by atoms with van der Waals surface area (Å²) in [6.45, 7) is -0.795. The number of aromatic hydroxyl groups is 1. The van der Waals surface area contributed by atoms with Gasteiger partial charge in [0.15, 0.2) is 23.4 Å². The third-order valence-electron chi connectivity index (χ3n) is 7.36. The summed E-state index contributed by atoms with van der Waals surface area (Å²) in [6.07, 6.45) is -6.56. The summed E-state index contributed by atoms with van der Waals surface area (Å²) in [5, 5.41) is 35.6. The predicted molar refractivity (Wildman–Crippen MR) is 89.5 cm³/mol. The van der Waals surface area contributed by atoms with Crippen molar-refractivity contribution in [2.24, 2.45) is 0 Å². The van der Waals surface area contributed by atoms with Crippen molar-refractivity contribution in [2.45, 2.75) is 61.4 Å². The van der Waals surface area contributed by atoms with Gasteiger partial charge in [-0.15, -0.1) is 0 Å². The maximum absolute atomic E-state index is 13.6. The zero-order chi connectivity index (χ0) is 20.1. The van der Waals surface area contributed by atoms with E-state index in [1.54, 1.807) is 6.07 Å². The number of halogens is 3. The van der Waals surface area contributed by atoms with Crippen LogP contribution in [-0.4, -0.2) is 57.7 Å². The van der Waals surface area contributed by atoms with Crippen LogP contribution in [0.3, 0.4) is 0 Å². The fourth-order valence-electron chi connectivity index (χ4n) is 6.17. The third kappa shape index (κ3) is 2.02. The molecule has 5 atom stereocenters. The largest absolute Gasteiger partial charge is 0.633 e. The quantitative estimate of drug-likeness (QED) is 0.587. The molecule has 2 aliphatic carbocycles. The highest BCUT2D eigenvalue weighted by Crippen LogP contribution is 2.65. The van der Waals surface area contributed by atoms with E-state index in [0.717, 1.165) is 0 Å². The van der Waals surface area contributed by atoms with Crippen LogP contribution in [0.1, 0.15) is 36.8 Å². The van der Waals surface area contributed by atoms with Crippen LogP contribution >= 0.6 is 0 Å². The van der Waals surface area contributed by atoms with Crippen molar-refractivity contribution in [3.05, 3.63) is 28.5 Å². The number of ether oxygens (including phenoxy) is 1. The summed E-state index contributed by atoms with van der Waals surface area (Å²) in [5.41, 5.74) is -1.61. The number of hydrogen-bond acceptors (Lipinski definition) is 5. The highest BCUT2D eigenvalue weighted by molar-refractivity contribution is 5.90. The molecular weight excluding hydrogens is 379 g/mol. The Morgan fingerprint density at radius 1 is 1.32 bits per heavy atom. The minimum atomic E-state index is -4.46. The summed E-state index contributed by atoms with van der Waals surface area (Å²) in [4.78, 5) is 12.6. The van der Waals surface area contributed by atoms with Crippen LogP contribution in [0.5, 0.6) is 11.5 Å². The molecule has 1 saturated carbocycles. The Morgan fingerprint density at radius 2 is 2.07 bits per heavy atom. The smallest absolute Gasteiger partial charge is 0.394 e. The van der Waals surface area contributed by atoms with Crippen LogP contribution < -0.4 is 4.74 Å². The third-order valence-corrected chi connectivity index (χ3v) is 7.36. The number of benzene rings is 1. The van der Waals surface area contributed by atoms with Gasteiger partial charge in [-0.2, -0.15) is 13.2 Å². The van der Waals surface area contributed by atoms with Gasteiger partial charge < -0.3 is 24.8 Å². The number of phenolic OH excluding ortho intramolecular Hbond substituents is 1. The van der Waals surface area contributed by atoms with Crippen LogP contribution in [0.25, 0.3) is 0 Å². The first-order valence-corrected chi connectivity index (χ1v) is 9.43. The van der Waals surface area contributed by atoms with Gasteiger partial charge in [0.05, 0.1) is 24.9 Å². The number of carbonyl (C=O) groups excluding carboxylic acids is 1. The molecule has 1 spiro atoms. The van der Waals surface area contributed by atoms with Crippen molar-refractivity contribution in [3.63, 3.8) is 0 Å². The number of rotatable bonds is 2. The van der Waals surface area contributed by atoms with Gasteiger partial charge in [0, 0.05) is 24.8 Å². The molecule has 2 N–H and O–H groups in total. The Balaban J connectivity index is 1.68. The average Bonchev–Trinajstić information content (AvgIpc) is 2.98. The van der Waals surface area contributed by atoms with Crippen LogP contribution in [0, 0.1) is 5.21 Å². The van der Waals surface area contributed by atoms with E-state index in [1.165, 1.54) is 6.07 Å². The normalized spacial score (nSPS) is 40.8. The molecule has 28 heavy (non-hydrogen) atoms. The molecule has 6 nitrogen and oxygen atoms in total. The van der Waals surface area contributed by atoms with Gasteiger partial charge in [-0.25, -0.2) is 0 Å². The van der Waals surface area contributed by atoms with Gasteiger partial charge >= 0.3 is 6.18 Å². The number of phenols is 1. The topological polar surface area (TPSA) is 89.8 Å². The standard InChI is InChI=1S/C19H20F3NO5/c20-19(21,22)6-8-23(27)7-5-17-14-10-1-2-11(24)15(14)28-16(17)12(25)3-4-18(17,26)13(23)9-10/h1-2,13,16,24,26H,3-9H2/t13-,16+,17+,18?,23+/m1/s1. The number of Topliss-reactive ketones (excluding diaryl/α,β-unsaturated/α-hetero) is 1. The Morgan fingerprint density at radius 3 is 2.79 bits per heavy atom. The molecule has 9 heteroatoms. The van der Waals surface area contributed by atoms with E-state index in [1.807, 2.05) is 0 Å². The van der Waals surface area contributed by atoms with Crippen LogP contribution in [-0.2, 0) is 16.6 Å². The summed E-state index contributed by atoms with van der Waals surface area (Å²) in [7, 11) is 0. The van der Waals surface area contributed by atoms with Crippen molar-refractivity contribution < 1.29 is 37.6 Å². The van der Waals surface area contributed by atoms with E-state index in [4.69, 9.17) is 4.74 Å². The van der Waals surface area contributed by atoms with Crippen LogP contribution in [0.15, 0.2) is 12.1 Å². The molecule has 1 unspecified atom stereocenters. The van der Waals surface area contributed by atoms with Crippen molar-refractivity contribution >= 4 is 5.78 Å². The zero-order valence-electron chi connectivity index (χ0n) is 15.0. The highest BCUT2D eigenvalue weighted by Gasteiger charge is 2.76. The number of alkyl halides is 3. The fraction of sp³-hybridized carbons (Fsp3) is 0.632. The first kappa shape index (κ1) is 18.2. The van der Waals surface area contributed by atoms with Crippen molar-refractivity contribution in [2.75, 3.05) is 13.1 Å². The van der Waals surface area contributed by atoms with E-state index >= 15 is 0 Å². The Kier molecular flexibility index (Phi) is 3.38. The number of piperidine rings is 1. The van der Waals surface area contributed by atoms with Crippen molar-refractivity contribution in [3.8, 4) is 11.5 Å². The SMILES string of the molecule is O=C1CCC2(O)[C@H]3Cc4ccc(O)c5c4[C@@]2(CC[N@+]3([O-])CCC(F)(F)F)[C@H]1O5. The van der Waals surface area contributed by atoms with Crippen molar-refractivity contribution in [1.29, 1.82) is 0 Å². The van der Waals surface area contributed by atoms with E-state index in [9.17, 15) is 33.4 Å². The van der Waals surface area contributed by atoms with E-state index < -0.39 is 47.0 Å². The first-order valence-electron chi connectivity index (χ1n) is 9.43. The number of quaternary nitrogens is 1. The van der Waals surface area contributed by atoms with Gasteiger partial charge in [-0.1, -0.05) is 6.07 Å². The molecule has 1 aromatic rings. The first-order chi connectivity index (χ1) is 13.0. The summed E-state index contributed by atoms with van der Waals surface area (Å²) in [6, 6.07) is 2.01. The van der Waals surface area contributed by atoms with E-state index in [-0.39, 0.29) is 49.5 Å². The van der Waals surface area contributed by atoms with Gasteiger partial charge in [0.1, 0.15) is 11.6 Å². The minimum Gasteiger partial charge on any atom is -0.633 e. The number of hydrogen-bond donors (Lipinski definition) is 2. The predicted octanol–water partition coefficient (Wildman–Crippen LogP) is 2.08. The molecule has 2 heterocycles. The summed E-state index contributed by atoms with van der Waals surface area (Å²) < 4.78 is 43.2. The maximum atomic E-state index is 13.6. The van der Waals surface area contributed by atoms with E-state index in [2.05, 4.69) is 0 Å². The number of ketones is 1. The lowest BCUT2D eigenvalue weighted by atomic mass is 9.49. The second-order valence-corrected chi connectivity index (χ2v) is 8.54. The molecule has 2 bridgehead atoms. The van der Waals surface area contributed by atoms with Gasteiger partial charge in [0.25, 0.3) is 0 Å². The lowest BCUT2D eigenvalue weighted by Gasteiger charge is -2.67. The molecular formula is C19H20F3NO5. The number of nitrogens with zero attached hydrogens (tertiary/aromatic N) is 1. The Labute approximate surface area is 158 Å². The zero-order valence-corrected chi connectivity index (χ0v) is 15.0. The molecule has 4 aliphatic rings. The second kappa shape index (κ2) is 5.20. The highest BCUT2D eigenvalue weighted by atomic mass is 19.4. The molecule has 1 aromatic carbocycles. The van der Waals surface area contributed by atoms with Gasteiger partial charge in [0.2, 0.25) is 0 Å². The molecule has 2 fully saturated rings. The lowest BCUT2D eigenvalue weighted by Crippen LogP contribution is -2.80. The second-order valence-electron chi connectivity index (χ2n) is 8.54. The molecule has 0 aromatic heterocycles. The Hall–Kier alpha value is -1.84. The molecule has 1 saturated heterocycles. The molecule has 2 aliphatic heterocycles. The number of hydroxylamine groups is 3. The van der Waals surface area contributed by atoms with E-state index in [0.29, 0.717) is 11.1 Å². The number of likely N-dealkylation sites (tertiary alicyclic amines) is 1. The van der Waals surface area contributed by atoms with Crippen molar-refractivity contribution in [1.82, 2.24) is 0 Å². The molecule has 152 valence electrons. The summed E-state index contributed by atoms with van der Waals surface area (Å²) >= 11 is 0. The van der Waals surface area contributed by atoms with Crippen LogP contribution in [0.2, 0.25) is 0 Å². The maximum Gasteiger partial charge on any atom is 0.394 e. The molecule has 0 amide bonds. The lowest BCUT2D eigenvalue weighted by molar-refractivity contribution is -0.923. The average molecular weight is 399 g/mol.